The van der Waals surface area contributed by atoms with Crippen molar-refractivity contribution in [3.63, 3.8) is 0 Å². The number of carbonyl (C=O) groups excluding carboxylic acids is 1. The number of carbonyl (C=O) groups is 1. The monoisotopic (exact) mass is 347 g/mol. The molecule has 0 bridgehead atoms. The molecule has 0 unspecified atom stereocenters. The fraction of sp³-hybridized carbons (Fsp3) is 0.318. The molecule has 26 heavy (non-hydrogen) atoms. The number of anilines is 1. The summed E-state index contributed by atoms with van der Waals surface area (Å²) in [4.78, 5) is 14.8. The van der Waals surface area contributed by atoms with E-state index in [0.717, 1.165) is 23.4 Å². The molecule has 1 amide bonds. The van der Waals surface area contributed by atoms with Crippen LogP contribution >= 0.6 is 0 Å². The van der Waals surface area contributed by atoms with Crippen molar-refractivity contribution < 1.29 is 4.79 Å². The lowest BCUT2D eigenvalue weighted by Crippen LogP contribution is -2.29. The van der Waals surface area contributed by atoms with Gasteiger partial charge in [0.2, 0.25) is 0 Å². The van der Waals surface area contributed by atoms with Gasteiger partial charge in [0.1, 0.15) is 0 Å². The van der Waals surface area contributed by atoms with Crippen molar-refractivity contribution in [3.05, 3.63) is 71.4 Å². The van der Waals surface area contributed by atoms with Crippen LogP contribution in [0.3, 0.4) is 0 Å². The molecule has 4 heteroatoms. The molecule has 0 atom stereocenters. The Hall–Kier alpha value is -2.59. The van der Waals surface area contributed by atoms with Gasteiger partial charge in [0, 0.05) is 25.0 Å². The first-order valence-corrected chi connectivity index (χ1v) is 9.44. The van der Waals surface area contributed by atoms with Gasteiger partial charge in [0.15, 0.2) is 0 Å². The van der Waals surface area contributed by atoms with Crippen LogP contribution in [0.5, 0.6) is 0 Å². The van der Waals surface area contributed by atoms with Gasteiger partial charge < -0.3 is 10.6 Å². The Kier molecular flexibility index (Phi) is 5.02. The highest BCUT2D eigenvalue weighted by atomic mass is 16.1. The number of hydrogen-bond acceptors (Lipinski definition) is 3. The Morgan fingerprint density at radius 1 is 1.00 bits per heavy atom. The van der Waals surface area contributed by atoms with Gasteiger partial charge in [-0.1, -0.05) is 42.8 Å². The fourth-order valence-corrected chi connectivity index (χ4v) is 3.71. The van der Waals surface area contributed by atoms with Crippen molar-refractivity contribution in [2.75, 3.05) is 18.4 Å². The third-order valence-corrected chi connectivity index (χ3v) is 5.18. The summed E-state index contributed by atoms with van der Waals surface area (Å²) in [5, 5.41) is 6.21. The van der Waals surface area contributed by atoms with E-state index >= 15 is 0 Å². The van der Waals surface area contributed by atoms with Crippen LogP contribution in [0.1, 0.15) is 36.0 Å². The second-order valence-corrected chi connectivity index (χ2v) is 7.08. The number of nitrogens with one attached hydrogen (secondary N) is 2. The first-order chi connectivity index (χ1) is 12.8. The molecular weight excluding hydrogens is 322 g/mol. The average molecular weight is 347 g/mol. The smallest absolute Gasteiger partial charge is 0.253 e. The first-order valence-electron chi connectivity index (χ1n) is 9.44. The van der Waals surface area contributed by atoms with Crippen LogP contribution in [-0.2, 0) is 17.9 Å². The van der Waals surface area contributed by atoms with E-state index in [9.17, 15) is 4.79 Å². The van der Waals surface area contributed by atoms with E-state index in [2.05, 4.69) is 45.9 Å². The molecule has 4 nitrogen and oxygen atoms in total. The van der Waals surface area contributed by atoms with Gasteiger partial charge in [-0.2, -0.15) is 0 Å². The van der Waals surface area contributed by atoms with Crippen molar-refractivity contribution in [2.45, 2.75) is 32.4 Å². The Labute approximate surface area is 154 Å². The van der Waals surface area contributed by atoms with E-state index in [0.29, 0.717) is 12.1 Å². The number of amides is 1. The van der Waals surface area contributed by atoms with Crippen molar-refractivity contribution >= 4 is 17.2 Å². The highest BCUT2D eigenvalue weighted by molar-refractivity contribution is 6.21. The standard InChI is InChI=1S/C22H25N3O/c26-22-21(20-7-3-2-6-18(20)14-24-22)15-23-19-10-8-17(9-11-19)16-25-12-4-1-5-13-25/h2-3,6-11,15,23H,1,4-5,12-14,16H2,(H,24,26)/b21-15-. The Morgan fingerprint density at radius 2 is 1.77 bits per heavy atom. The van der Waals surface area contributed by atoms with E-state index in [4.69, 9.17) is 0 Å². The predicted molar refractivity (Wildman–Crippen MR) is 105 cm³/mol. The summed E-state index contributed by atoms with van der Waals surface area (Å²) in [6.45, 7) is 4.04. The lowest BCUT2D eigenvalue weighted by atomic mass is 9.96. The van der Waals surface area contributed by atoms with Gasteiger partial charge in [0.05, 0.1) is 5.57 Å². The summed E-state index contributed by atoms with van der Waals surface area (Å²) in [5.41, 5.74) is 5.17. The highest BCUT2D eigenvalue weighted by Gasteiger charge is 2.20. The zero-order chi connectivity index (χ0) is 17.8. The van der Waals surface area contributed by atoms with E-state index in [1.807, 2.05) is 24.4 Å². The maximum absolute atomic E-state index is 12.2. The Balaban J connectivity index is 1.44. The van der Waals surface area contributed by atoms with Crippen LogP contribution in [-0.4, -0.2) is 23.9 Å². The minimum Gasteiger partial charge on any atom is -0.361 e. The van der Waals surface area contributed by atoms with Crippen LogP contribution in [0.15, 0.2) is 54.7 Å². The quantitative estimate of drug-likeness (QED) is 0.828. The predicted octanol–water partition coefficient (Wildman–Crippen LogP) is 3.76. The molecule has 0 radical (unpaired) electrons. The highest BCUT2D eigenvalue weighted by Crippen LogP contribution is 2.24. The van der Waals surface area contributed by atoms with Crippen molar-refractivity contribution in [1.29, 1.82) is 0 Å². The van der Waals surface area contributed by atoms with Gasteiger partial charge in [0.25, 0.3) is 5.91 Å². The third-order valence-electron chi connectivity index (χ3n) is 5.18. The van der Waals surface area contributed by atoms with Crippen LogP contribution < -0.4 is 10.6 Å². The number of rotatable bonds is 4. The number of benzene rings is 2. The topological polar surface area (TPSA) is 44.4 Å². The summed E-state index contributed by atoms with van der Waals surface area (Å²) in [6.07, 6.45) is 5.81. The molecule has 0 aromatic heterocycles. The molecule has 2 aliphatic rings. The minimum absolute atomic E-state index is 0.0297. The molecule has 134 valence electrons. The number of fused-ring (bicyclic) bond motifs is 1. The molecular formula is C22H25N3O. The maximum atomic E-state index is 12.2. The van der Waals surface area contributed by atoms with Crippen LogP contribution in [0.2, 0.25) is 0 Å². The molecule has 2 aromatic carbocycles. The maximum Gasteiger partial charge on any atom is 0.253 e. The molecule has 0 spiro atoms. The van der Waals surface area contributed by atoms with Crippen molar-refractivity contribution in [2.24, 2.45) is 0 Å². The molecule has 2 aromatic rings. The van der Waals surface area contributed by atoms with E-state index in [1.165, 1.54) is 37.9 Å². The first kappa shape index (κ1) is 16.9. The number of piperidine rings is 1. The van der Waals surface area contributed by atoms with Crippen molar-refractivity contribution in [3.8, 4) is 0 Å². The van der Waals surface area contributed by atoms with Gasteiger partial charge in [-0.15, -0.1) is 0 Å². The second-order valence-electron chi connectivity index (χ2n) is 7.08. The molecule has 0 aliphatic carbocycles. The molecule has 2 heterocycles. The van der Waals surface area contributed by atoms with Gasteiger partial charge in [-0.3, -0.25) is 9.69 Å². The zero-order valence-electron chi connectivity index (χ0n) is 15.0. The molecule has 1 fully saturated rings. The molecule has 2 N–H and O–H groups in total. The van der Waals surface area contributed by atoms with Crippen molar-refractivity contribution in [1.82, 2.24) is 10.2 Å². The number of nitrogens with zero attached hydrogens (tertiary/aromatic N) is 1. The number of likely N-dealkylation sites (tertiary alicyclic amines) is 1. The van der Waals surface area contributed by atoms with Crippen LogP contribution in [0.25, 0.3) is 5.57 Å². The van der Waals surface area contributed by atoms with E-state index in [-0.39, 0.29) is 5.91 Å². The van der Waals surface area contributed by atoms with E-state index < -0.39 is 0 Å². The summed E-state index contributed by atoms with van der Waals surface area (Å²) >= 11 is 0. The zero-order valence-corrected chi connectivity index (χ0v) is 15.0. The normalized spacial score (nSPS) is 19.1. The lowest BCUT2D eigenvalue weighted by Gasteiger charge is -2.26. The molecule has 1 saturated heterocycles. The fourth-order valence-electron chi connectivity index (χ4n) is 3.71. The van der Waals surface area contributed by atoms with Gasteiger partial charge in [-0.05, 0) is 54.8 Å². The SMILES string of the molecule is O=C1NCc2ccccc2/C1=C/Nc1ccc(CN2CCCCC2)cc1. The molecule has 0 saturated carbocycles. The van der Waals surface area contributed by atoms with Crippen LogP contribution in [0.4, 0.5) is 5.69 Å². The van der Waals surface area contributed by atoms with E-state index in [1.54, 1.807) is 0 Å². The van der Waals surface area contributed by atoms with Gasteiger partial charge in [-0.25, -0.2) is 0 Å². The van der Waals surface area contributed by atoms with Crippen LogP contribution in [0, 0.1) is 0 Å². The number of hydrogen-bond donors (Lipinski definition) is 2. The molecule has 2 aliphatic heterocycles. The lowest BCUT2D eigenvalue weighted by molar-refractivity contribution is -0.116. The summed E-state index contributed by atoms with van der Waals surface area (Å²) in [6, 6.07) is 16.5. The molecule has 4 rings (SSSR count). The second kappa shape index (κ2) is 7.75. The minimum atomic E-state index is -0.0297. The Morgan fingerprint density at radius 3 is 2.58 bits per heavy atom. The Bertz CT molecular complexity index is 804. The average Bonchev–Trinajstić information content (AvgIpc) is 2.69. The summed E-state index contributed by atoms with van der Waals surface area (Å²) < 4.78 is 0. The van der Waals surface area contributed by atoms with Gasteiger partial charge >= 0.3 is 0 Å². The third kappa shape index (κ3) is 3.81. The largest absolute Gasteiger partial charge is 0.361 e. The summed E-state index contributed by atoms with van der Waals surface area (Å²) in [7, 11) is 0. The summed E-state index contributed by atoms with van der Waals surface area (Å²) in [5.74, 6) is -0.0297.